The van der Waals surface area contributed by atoms with E-state index in [1.54, 1.807) is 0 Å². The summed E-state index contributed by atoms with van der Waals surface area (Å²) in [6.07, 6.45) is 2.13. The minimum absolute atomic E-state index is 0.392. The first-order valence-electron chi connectivity index (χ1n) is 4.17. The first-order chi connectivity index (χ1) is 6.27. The molecule has 0 aromatic heterocycles. The van der Waals surface area contributed by atoms with Gasteiger partial charge in [-0.3, -0.25) is 0 Å². The van der Waals surface area contributed by atoms with Crippen LogP contribution in [0, 0.1) is 0 Å². The Bertz CT molecular complexity index is 274. The lowest BCUT2D eigenvalue weighted by Crippen LogP contribution is -1.89. The van der Waals surface area contributed by atoms with Gasteiger partial charge in [-0.15, -0.1) is 0 Å². The van der Waals surface area contributed by atoms with Crippen LogP contribution in [0.25, 0.3) is 0 Å². The predicted octanol–water partition coefficient (Wildman–Crippen LogP) is 4.25. The maximum Gasteiger partial charge on any atom is 0.115 e. The van der Waals surface area contributed by atoms with Crippen molar-refractivity contribution in [3.05, 3.63) is 33.8 Å². The standard InChI is InChI=1S/C10H11Br2F/c11-5-1-2-9-4-3-8(7-13)6-10(9)12/h3-4,6H,1-2,5,7H2. The molecule has 1 aromatic rings. The van der Waals surface area contributed by atoms with Crippen molar-refractivity contribution in [2.24, 2.45) is 0 Å². The molecule has 0 saturated carbocycles. The Hall–Kier alpha value is 0.110. The van der Waals surface area contributed by atoms with Gasteiger partial charge >= 0.3 is 0 Å². The molecular formula is C10H11Br2F. The average Bonchev–Trinajstić information content (AvgIpc) is 2.16. The summed E-state index contributed by atoms with van der Waals surface area (Å²) in [6.45, 7) is -0.392. The molecule has 0 nitrogen and oxygen atoms in total. The Labute approximate surface area is 94.8 Å². The average molecular weight is 310 g/mol. The molecule has 0 aliphatic heterocycles. The van der Waals surface area contributed by atoms with Crippen molar-refractivity contribution < 1.29 is 4.39 Å². The molecule has 3 heteroatoms. The highest BCUT2D eigenvalue weighted by Crippen LogP contribution is 2.20. The predicted molar refractivity (Wildman–Crippen MR) is 61.1 cm³/mol. The number of hydrogen-bond donors (Lipinski definition) is 0. The second-order valence-corrected chi connectivity index (χ2v) is 4.50. The summed E-state index contributed by atoms with van der Waals surface area (Å²) in [5, 5.41) is 1.00. The highest BCUT2D eigenvalue weighted by molar-refractivity contribution is 9.10. The highest BCUT2D eigenvalue weighted by Gasteiger charge is 2.00. The third-order valence-corrected chi connectivity index (χ3v) is 3.15. The fourth-order valence-electron chi connectivity index (χ4n) is 1.13. The summed E-state index contributed by atoms with van der Waals surface area (Å²) in [6, 6.07) is 5.68. The molecule has 0 heterocycles. The van der Waals surface area contributed by atoms with Crippen LogP contribution in [0.15, 0.2) is 22.7 Å². The third-order valence-electron chi connectivity index (χ3n) is 1.85. The molecule has 0 saturated heterocycles. The van der Waals surface area contributed by atoms with E-state index in [1.807, 2.05) is 18.2 Å². The summed E-state index contributed by atoms with van der Waals surface area (Å²) in [5.74, 6) is 0. The van der Waals surface area contributed by atoms with Gasteiger partial charge in [-0.1, -0.05) is 44.0 Å². The molecule has 0 unspecified atom stereocenters. The van der Waals surface area contributed by atoms with E-state index in [4.69, 9.17) is 0 Å². The largest absolute Gasteiger partial charge is 0.246 e. The highest BCUT2D eigenvalue weighted by atomic mass is 79.9. The Morgan fingerprint density at radius 2 is 2.08 bits per heavy atom. The van der Waals surface area contributed by atoms with E-state index in [0.717, 1.165) is 28.2 Å². The molecule has 1 rings (SSSR count). The van der Waals surface area contributed by atoms with Crippen molar-refractivity contribution in [3.63, 3.8) is 0 Å². The topological polar surface area (TPSA) is 0 Å². The van der Waals surface area contributed by atoms with Crippen molar-refractivity contribution in [2.45, 2.75) is 19.5 Å². The van der Waals surface area contributed by atoms with Gasteiger partial charge in [0, 0.05) is 9.80 Å². The second kappa shape index (κ2) is 5.76. The van der Waals surface area contributed by atoms with E-state index < -0.39 is 6.67 Å². The lowest BCUT2D eigenvalue weighted by atomic mass is 10.1. The van der Waals surface area contributed by atoms with Crippen LogP contribution in [0.3, 0.4) is 0 Å². The molecule has 0 aliphatic carbocycles. The molecule has 0 radical (unpaired) electrons. The van der Waals surface area contributed by atoms with Gasteiger partial charge in [0.05, 0.1) is 0 Å². The smallest absolute Gasteiger partial charge is 0.115 e. The van der Waals surface area contributed by atoms with E-state index >= 15 is 0 Å². The Kier molecular flexibility index (Phi) is 4.96. The van der Waals surface area contributed by atoms with E-state index in [9.17, 15) is 4.39 Å². The minimum atomic E-state index is -0.392. The fourth-order valence-corrected chi connectivity index (χ4v) is 2.04. The second-order valence-electron chi connectivity index (χ2n) is 2.85. The van der Waals surface area contributed by atoms with Gasteiger partial charge < -0.3 is 0 Å². The van der Waals surface area contributed by atoms with E-state index in [2.05, 4.69) is 31.9 Å². The van der Waals surface area contributed by atoms with E-state index in [0.29, 0.717) is 0 Å². The van der Waals surface area contributed by atoms with Crippen LogP contribution in [-0.4, -0.2) is 5.33 Å². The molecule has 13 heavy (non-hydrogen) atoms. The van der Waals surface area contributed by atoms with Crippen LogP contribution in [0.1, 0.15) is 17.5 Å². The molecule has 0 atom stereocenters. The summed E-state index contributed by atoms with van der Waals surface area (Å²) in [7, 11) is 0. The maximum absolute atomic E-state index is 12.3. The summed E-state index contributed by atoms with van der Waals surface area (Å²) >= 11 is 6.82. The Balaban J connectivity index is 2.73. The summed E-state index contributed by atoms with van der Waals surface area (Å²) in [4.78, 5) is 0. The number of benzene rings is 1. The number of rotatable bonds is 4. The first kappa shape index (κ1) is 11.2. The number of hydrogen-bond acceptors (Lipinski definition) is 0. The zero-order chi connectivity index (χ0) is 9.68. The maximum atomic E-state index is 12.3. The summed E-state index contributed by atoms with van der Waals surface area (Å²) < 4.78 is 13.3. The molecule has 1 aromatic carbocycles. The normalized spacial score (nSPS) is 10.4. The van der Waals surface area contributed by atoms with Crippen molar-refractivity contribution >= 4 is 31.9 Å². The number of alkyl halides is 2. The van der Waals surface area contributed by atoms with Gasteiger partial charge in [-0.05, 0) is 30.0 Å². The van der Waals surface area contributed by atoms with Crippen LogP contribution in [0.4, 0.5) is 4.39 Å². The van der Waals surface area contributed by atoms with Crippen LogP contribution < -0.4 is 0 Å². The van der Waals surface area contributed by atoms with Gasteiger partial charge in [0.25, 0.3) is 0 Å². The van der Waals surface area contributed by atoms with Crippen LogP contribution in [0.5, 0.6) is 0 Å². The molecule has 0 spiro atoms. The molecule has 0 N–H and O–H groups in total. The van der Waals surface area contributed by atoms with Gasteiger partial charge in [0.1, 0.15) is 6.67 Å². The van der Waals surface area contributed by atoms with Crippen molar-refractivity contribution in [2.75, 3.05) is 5.33 Å². The van der Waals surface area contributed by atoms with E-state index in [1.165, 1.54) is 5.56 Å². The molecular weight excluding hydrogens is 299 g/mol. The van der Waals surface area contributed by atoms with Gasteiger partial charge in [0.2, 0.25) is 0 Å². The van der Waals surface area contributed by atoms with Crippen LogP contribution >= 0.6 is 31.9 Å². The van der Waals surface area contributed by atoms with Gasteiger partial charge in [0.15, 0.2) is 0 Å². The molecule has 0 fully saturated rings. The third kappa shape index (κ3) is 3.39. The zero-order valence-electron chi connectivity index (χ0n) is 7.19. The minimum Gasteiger partial charge on any atom is -0.246 e. The van der Waals surface area contributed by atoms with Crippen LogP contribution in [0.2, 0.25) is 0 Å². The molecule has 0 amide bonds. The Morgan fingerprint density at radius 1 is 1.31 bits per heavy atom. The molecule has 0 aliphatic rings. The molecule has 72 valence electrons. The SMILES string of the molecule is FCc1ccc(CCCBr)c(Br)c1. The van der Waals surface area contributed by atoms with E-state index in [-0.39, 0.29) is 0 Å². The number of aryl methyl sites for hydroxylation is 1. The van der Waals surface area contributed by atoms with Crippen molar-refractivity contribution in [1.29, 1.82) is 0 Å². The monoisotopic (exact) mass is 308 g/mol. The van der Waals surface area contributed by atoms with Crippen molar-refractivity contribution in [1.82, 2.24) is 0 Å². The van der Waals surface area contributed by atoms with Crippen molar-refractivity contribution in [3.8, 4) is 0 Å². The van der Waals surface area contributed by atoms with Gasteiger partial charge in [-0.25, -0.2) is 4.39 Å². The fraction of sp³-hybridized carbons (Fsp3) is 0.400. The Morgan fingerprint density at radius 3 is 2.62 bits per heavy atom. The first-order valence-corrected chi connectivity index (χ1v) is 6.08. The zero-order valence-corrected chi connectivity index (χ0v) is 10.4. The summed E-state index contributed by atoms with van der Waals surface area (Å²) in [5.41, 5.74) is 1.98. The lowest BCUT2D eigenvalue weighted by Gasteiger charge is -2.04. The number of halogens is 3. The van der Waals surface area contributed by atoms with Crippen LogP contribution in [-0.2, 0) is 13.1 Å². The quantitative estimate of drug-likeness (QED) is 0.730. The van der Waals surface area contributed by atoms with Gasteiger partial charge in [-0.2, -0.15) is 0 Å². The lowest BCUT2D eigenvalue weighted by molar-refractivity contribution is 0.485. The molecule has 0 bridgehead atoms.